The quantitative estimate of drug-likeness (QED) is 0.833. The van der Waals surface area contributed by atoms with Gasteiger partial charge in [-0.2, -0.15) is 0 Å². The molecule has 0 unspecified atom stereocenters. The van der Waals surface area contributed by atoms with Gasteiger partial charge in [0, 0.05) is 26.1 Å². The molecule has 25 heavy (non-hydrogen) atoms. The first kappa shape index (κ1) is 16.9. The van der Waals surface area contributed by atoms with Crippen LogP contribution in [0.5, 0.6) is 11.5 Å². The topological polar surface area (TPSA) is 81.0 Å². The number of furan rings is 1. The number of hydrogen-bond acceptors (Lipinski definition) is 5. The van der Waals surface area contributed by atoms with E-state index >= 15 is 0 Å². The first-order valence-corrected chi connectivity index (χ1v) is 8.14. The lowest BCUT2D eigenvalue weighted by atomic mass is 10.2. The van der Waals surface area contributed by atoms with Crippen LogP contribution in [0.3, 0.4) is 0 Å². The lowest BCUT2D eigenvalue weighted by Gasteiger charge is -2.19. The standard InChI is InChI=1S/C18H20N2O5/c1-2-20(18(22)14-6-8-23-11-14)7-5-17(21)19-10-13-3-4-15-16(9-13)25-12-24-15/h3-4,6,8-9,11H,2,5,7,10,12H2,1H3,(H,19,21). The van der Waals surface area contributed by atoms with E-state index in [1.165, 1.54) is 12.5 Å². The number of carbonyl (C=O) groups is 2. The molecular formula is C18H20N2O5. The van der Waals surface area contributed by atoms with E-state index in [-0.39, 0.29) is 25.0 Å². The van der Waals surface area contributed by atoms with Crippen LogP contribution in [-0.2, 0) is 11.3 Å². The van der Waals surface area contributed by atoms with E-state index in [0.29, 0.717) is 36.7 Å². The summed E-state index contributed by atoms with van der Waals surface area (Å²) in [6.07, 6.45) is 3.10. The van der Waals surface area contributed by atoms with Crippen LogP contribution in [0.4, 0.5) is 0 Å². The van der Waals surface area contributed by atoms with Crippen LogP contribution < -0.4 is 14.8 Å². The maximum atomic E-state index is 12.2. The Morgan fingerprint density at radius 3 is 2.80 bits per heavy atom. The van der Waals surface area contributed by atoms with Crippen LogP contribution in [0, 0.1) is 0 Å². The van der Waals surface area contributed by atoms with Gasteiger partial charge in [-0.3, -0.25) is 9.59 Å². The molecule has 0 atom stereocenters. The average molecular weight is 344 g/mol. The summed E-state index contributed by atoms with van der Waals surface area (Å²) in [5, 5.41) is 2.85. The molecule has 2 aromatic rings. The van der Waals surface area contributed by atoms with Gasteiger partial charge in [0.05, 0.1) is 11.8 Å². The Kier molecular flexibility index (Phi) is 5.23. The Bertz CT molecular complexity index is 742. The van der Waals surface area contributed by atoms with Gasteiger partial charge < -0.3 is 24.1 Å². The van der Waals surface area contributed by atoms with E-state index in [0.717, 1.165) is 5.56 Å². The highest BCUT2D eigenvalue weighted by Gasteiger charge is 2.17. The van der Waals surface area contributed by atoms with Gasteiger partial charge in [-0.15, -0.1) is 0 Å². The SMILES string of the molecule is CCN(CCC(=O)NCc1ccc2c(c1)OCO2)C(=O)c1ccoc1. The fourth-order valence-electron chi connectivity index (χ4n) is 2.55. The molecule has 0 fully saturated rings. The minimum atomic E-state index is -0.139. The number of amides is 2. The van der Waals surface area contributed by atoms with E-state index in [1.807, 2.05) is 25.1 Å². The van der Waals surface area contributed by atoms with E-state index < -0.39 is 0 Å². The zero-order valence-electron chi connectivity index (χ0n) is 14.0. The van der Waals surface area contributed by atoms with Gasteiger partial charge in [0.2, 0.25) is 12.7 Å². The smallest absolute Gasteiger partial charge is 0.257 e. The Balaban J connectivity index is 1.46. The normalized spacial score (nSPS) is 12.0. The van der Waals surface area contributed by atoms with Crippen molar-refractivity contribution < 1.29 is 23.5 Å². The molecule has 2 amide bonds. The lowest BCUT2D eigenvalue weighted by molar-refractivity contribution is -0.121. The van der Waals surface area contributed by atoms with Crippen molar-refractivity contribution in [2.75, 3.05) is 19.9 Å². The number of benzene rings is 1. The van der Waals surface area contributed by atoms with Crippen molar-refractivity contribution in [3.63, 3.8) is 0 Å². The number of fused-ring (bicyclic) bond motifs is 1. The molecule has 0 saturated heterocycles. The van der Waals surface area contributed by atoms with Crippen LogP contribution in [0.1, 0.15) is 29.3 Å². The summed E-state index contributed by atoms with van der Waals surface area (Å²) in [5.41, 5.74) is 1.42. The minimum absolute atomic E-state index is 0.115. The van der Waals surface area contributed by atoms with Crippen molar-refractivity contribution in [2.24, 2.45) is 0 Å². The summed E-state index contributed by atoms with van der Waals surface area (Å²) < 4.78 is 15.5. The van der Waals surface area contributed by atoms with Crippen LogP contribution in [-0.4, -0.2) is 36.6 Å². The summed E-state index contributed by atoms with van der Waals surface area (Å²) in [5.74, 6) is 1.15. The monoisotopic (exact) mass is 344 g/mol. The predicted molar refractivity (Wildman–Crippen MR) is 89.3 cm³/mol. The molecule has 0 radical (unpaired) electrons. The van der Waals surface area contributed by atoms with Crippen molar-refractivity contribution in [1.82, 2.24) is 10.2 Å². The first-order chi connectivity index (χ1) is 12.2. The van der Waals surface area contributed by atoms with Gasteiger partial charge in [0.15, 0.2) is 11.5 Å². The maximum absolute atomic E-state index is 12.2. The second-order valence-electron chi connectivity index (χ2n) is 5.61. The van der Waals surface area contributed by atoms with Crippen molar-refractivity contribution in [3.05, 3.63) is 47.9 Å². The molecule has 3 rings (SSSR count). The molecule has 1 aliphatic heterocycles. The van der Waals surface area contributed by atoms with Crippen LogP contribution >= 0.6 is 0 Å². The molecule has 132 valence electrons. The highest BCUT2D eigenvalue weighted by molar-refractivity contribution is 5.94. The van der Waals surface area contributed by atoms with Gasteiger partial charge in [-0.25, -0.2) is 0 Å². The van der Waals surface area contributed by atoms with Crippen molar-refractivity contribution in [1.29, 1.82) is 0 Å². The highest BCUT2D eigenvalue weighted by Crippen LogP contribution is 2.32. The minimum Gasteiger partial charge on any atom is -0.472 e. The molecular weight excluding hydrogens is 324 g/mol. The van der Waals surface area contributed by atoms with Crippen LogP contribution in [0.25, 0.3) is 0 Å². The summed E-state index contributed by atoms with van der Waals surface area (Å²) in [7, 11) is 0. The average Bonchev–Trinajstić information content (AvgIpc) is 3.31. The Morgan fingerprint density at radius 1 is 1.20 bits per heavy atom. The summed E-state index contributed by atoms with van der Waals surface area (Å²) >= 11 is 0. The third-order valence-corrected chi connectivity index (χ3v) is 3.97. The van der Waals surface area contributed by atoms with E-state index in [1.54, 1.807) is 11.0 Å². The molecule has 1 aromatic heterocycles. The molecule has 0 saturated carbocycles. The molecule has 2 heterocycles. The summed E-state index contributed by atoms with van der Waals surface area (Å²) in [6.45, 7) is 3.38. The molecule has 1 aliphatic rings. The molecule has 7 nitrogen and oxygen atoms in total. The number of hydrogen-bond donors (Lipinski definition) is 1. The Labute approximate surface area is 145 Å². The number of rotatable bonds is 7. The van der Waals surface area contributed by atoms with E-state index in [9.17, 15) is 9.59 Å². The molecule has 1 aromatic carbocycles. The molecule has 1 N–H and O–H groups in total. The number of ether oxygens (including phenoxy) is 2. The van der Waals surface area contributed by atoms with Crippen molar-refractivity contribution >= 4 is 11.8 Å². The Morgan fingerprint density at radius 2 is 2.04 bits per heavy atom. The Hall–Kier alpha value is -2.96. The van der Waals surface area contributed by atoms with Gasteiger partial charge in [0.25, 0.3) is 5.91 Å². The highest BCUT2D eigenvalue weighted by atomic mass is 16.7. The first-order valence-electron chi connectivity index (χ1n) is 8.14. The van der Waals surface area contributed by atoms with Crippen molar-refractivity contribution in [3.8, 4) is 11.5 Å². The maximum Gasteiger partial charge on any atom is 0.257 e. The predicted octanol–water partition coefficient (Wildman–Crippen LogP) is 2.18. The van der Waals surface area contributed by atoms with E-state index in [4.69, 9.17) is 13.9 Å². The summed E-state index contributed by atoms with van der Waals surface area (Å²) in [6, 6.07) is 7.18. The van der Waals surface area contributed by atoms with Gasteiger partial charge in [0.1, 0.15) is 6.26 Å². The third kappa shape index (κ3) is 4.12. The van der Waals surface area contributed by atoms with Crippen LogP contribution in [0.15, 0.2) is 41.2 Å². The fourth-order valence-corrected chi connectivity index (χ4v) is 2.55. The fraction of sp³-hybridized carbons (Fsp3) is 0.333. The van der Waals surface area contributed by atoms with Gasteiger partial charge in [-0.1, -0.05) is 6.07 Å². The second kappa shape index (κ2) is 7.74. The van der Waals surface area contributed by atoms with Gasteiger partial charge >= 0.3 is 0 Å². The largest absolute Gasteiger partial charge is 0.472 e. The molecule has 0 spiro atoms. The number of nitrogens with one attached hydrogen (secondary N) is 1. The molecule has 7 heteroatoms. The lowest BCUT2D eigenvalue weighted by Crippen LogP contribution is -2.34. The second-order valence-corrected chi connectivity index (χ2v) is 5.61. The zero-order chi connectivity index (χ0) is 17.6. The summed E-state index contributed by atoms with van der Waals surface area (Å²) in [4.78, 5) is 25.9. The van der Waals surface area contributed by atoms with E-state index in [2.05, 4.69) is 5.32 Å². The molecule has 0 aliphatic carbocycles. The third-order valence-electron chi connectivity index (χ3n) is 3.97. The number of carbonyl (C=O) groups excluding carboxylic acids is 2. The zero-order valence-corrected chi connectivity index (χ0v) is 14.0. The van der Waals surface area contributed by atoms with Gasteiger partial charge in [-0.05, 0) is 30.7 Å². The van der Waals surface area contributed by atoms with Crippen LogP contribution in [0.2, 0.25) is 0 Å². The number of nitrogens with zero attached hydrogens (tertiary/aromatic N) is 1. The van der Waals surface area contributed by atoms with Crippen molar-refractivity contribution in [2.45, 2.75) is 19.9 Å². The molecule has 0 bridgehead atoms.